The molecule has 1 aromatic carbocycles. The summed E-state index contributed by atoms with van der Waals surface area (Å²) in [6, 6.07) is 12.0. The molecular weight excluding hydrogens is 286 g/mol. The summed E-state index contributed by atoms with van der Waals surface area (Å²) in [5.74, 6) is 0.332. The zero-order valence-electron chi connectivity index (χ0n) is 11.8. The number of nitrogens with one attached hydrogen (secondary N) is 1. The highest BCUT2D eigenvalue weighted by Crippen LogP contribution is 2.24. The first-order valence-electron chi connectivity index (χ1n) is 6.95. The Kier molecular flexibility index (Phi) is 5.56. The van der Waals surface area contributed by atoms with Crippen LogP contribution < -0.4 is 5.32 Å². The maximum Gasteiger partial charge on any atom is 0.115 e. The Bertz CT molecular complexity index is 564. The molecule has 4 nitrogen and oxygen atoms in total. The van der Waals surface area contributed by atoms with Gasteiger partial charge in [0.2, 0.25) is 0 Å². The van der Waals surface area contributed by atoms with Gasteiger partial charge in [-0.2, -0.15) is 0 Å². The number of pyridine rings is 1. The van der Waals surface area contributed by atoms with Crippen molar-refractivity contribution in [2.24, 2.45) is 0 Å². The zero-order chi connectivity index (χ0) is 13.8. The molecule has 1 aromatic heterocycles. The van der Waals surface area contributed by atoms with E-state index in [1.165, 1.54) is 5.56 Å². The highest BCUT2D eigenvalue weighted by atomic mass is 35.5. The van der Waals surface area contributed by atoms with E-state index in [9.17, 15) is 5.11 Å². The Morgan fingerprint density at radius 2 is 2.05 bits per heavy atom. The van der Waals surface area contributed by atoms with Crippen molar-refractivity contribution >= 4 is 12.4 Å². The lowest BCUT2D eigenvalue weighted by Gasteiger charge is -2.36. The van der Waals surface area contributed by atoms with E-state index in [4.69, 9.17) is 0 Å². The third-order valence-electron chi connectivity index (χ3n) is 3.74. The van der Waals surface area contributed by atoms with Crippen LogP contribution in [0, 0.1) is 0 Å². The van der Waals surface area contributed by atoms with Crippen molar-refractivity contribution in [2.45, 2.75) is 12.6 Å². The molecule has 1 aliphatic heterocycles. The molecule has 1 unspecified atom stereocenters. The summed E-state index contributed by atoms with van der Waals surface area (Å²) < 4.78 is 0. The third-order valence-corrected chi connectivity index (χ3v) is 3.74. The lowest BCUT2D eigenvalue weighted by Crippen LogP contribution is -2.45. The quantitative estimate of drug-likeness (QED) is 0.914. The molecule has 112 valence electrons. The molecule has 0 amide bonds. The topological polar surface area (TPSA) is 48.4 Å². The van der Waals surface area contributed by atoms with Crippen molar-refractivity contribution in [3.63, 3.8) is 0 Å². The molecule has 0 saturated carbocycles. The van der Waals surface area contributed by atoms with Gasteiger partial charge in [0.25, 0.3) is 0 Å². The van der Waals surface area contributed by atoms with Gasteiger partial charge < -0.3 is 10.4 Å². The van der Waals surface area contributed by atoms with Crippen LogP contribution in [0.4, 0.5) is 0 Å². The molecule has 2 aromatic rings. The maximum absolute atomic E-state index is 9.59. The van der Waals surface area contributed by atoms with Crippen LogP contribution in [0.5, 0.6) is 5.75 Å². The van der Waals surface area contributed by atoms with Crippen molar-refractivity contribution in [2.75, 3.05) is 19.6 Å². The molecule has 5 heteroatoms. The first-order valence-corrected chi connectivity index (χ1v) is 6.95. The standard InChI is InChI=1S/C16H19N3O.ClH/c20-15-3-1-2-13(10-15)12-19-9-8-18-11-16(19)14-4-6-17-7-5-14;/h1-7,10,16,18,20H,8-9,11-12H2;1H. The summed E-state index contributed by atoms with van der Waals surface area (Å²) in [5.41, 5.74) is 2.43. The van der Waals surface area contributed by atoms with E-state index in [1.54, 1.807) is 6.07 Å². The number of phenolic OH excluding ortho intramolecular Hbond substituents is 1. The van der Waals surface area contributed by atoms with E-state index in [0.717, 1.165) is 31.7 Å². The van der Waals surface area contributed by atoms with Gasteiger partial charge in [-0.25, -0.2) is 0 Å². The minimum absolute atomic E-state index is 0. The van der Waals surface area contributed by atoms with Crippen molar-refractivity contribution in [1.29, 1.82) is 0 Å². The van der Waals surface area contributed by atoms with Gasteiger partial charge in [0, 0.05) is 44.6 Å². The molecule has 2 heterocycles. The fourth-order valence-electron chi connectivity index (χ4n) is 2.74. The number of aromatic hydroxyl groups is 1. The normalized spacial score (nSPS) is 19.0. The molecular formula is C16H20ClN3O. The first-order chi connectivity index (χ1) is 9.83. The number of benzene rings is 1. The average Bonchev–Trinajstić information content (AvgIpc) is 2.49. The van der Waals surface area contributed by atoms with E-state index in [-0.39, 0.29) is 12.4 Å². The lowest BCUT2D eigenvalue weighted by molar-refractivity contribution is 0.153. The number of phenols is 1. The van der Waals surface area contributed by atoms with Crippen LogP contribution in [0.15, 0.2) is 48.8 Å². The van der Waals surface area contributed by atoms with E-state index in [1.807, 2.05) is 24.5 Å². The van der Waals surface area contributed by atoms with Crippen molar-refractivity contribution < 1.29 is 5.11 Å². The van der Waals surface area contributed by atoms with Gasteiger partial charge in [0.05, 0.1) is 0 Å². The Hall–Kier alpha value is -1.62. The Balaban J connectivity index is 0.00000161. The third kappa shape index (κ3) is 3.94. The largest absolute Gasteiger partial charge is 0.508 e. The summed E-state index contributed by atoms with van der Waals surface area (Å²) in [5, 5.41) is 13.0. The van der Waals surface area contributed by atoms with Gasteiger partial charge in [0.1, 0.15) is 5.75 Å². The number of aromatic nitrogens is 1. The SMILES string of the molecule is Cl.Oc1cccc(CN2CCNCC2c2ccncc2)c1. The second kappa shape index (κ2) is 7.41. The second-order valence-corrected chi connectivity index (χ2v) is 5.14. The summed E-state index contributed by atoms with van der Waals surface area (Å²) in [6.07, 6.45) is 3.69. The van der Waals surface area contributed by atoms with Gasteiger partial charge in [-0.15, -0.1) is 12.4 Å². The van der Waals surface area contributed by atoms with Crippen LogP contribution in [-0.4, -0.2) is 34.6 Å². The number of piperazine rings is 1. The van der Waals surface area contributed by atoms with Gasteiger partial charge >= 0.3 is 0 Å². The fourth-order valence-corrected chi connectivity index (χ4v) is 2.74. The molecule has 3 rings (SSSR count). The van der Waals surface area contributed by atoms with Crippen LogP contribution in [0.1, 0.15) is 17.2 Å². The van der Waals surface area contributed by atoms with E-state index >= 15 is 0 Å². The lowest BCUT2D eigenvalue weighted by atomic mass is 10.0. The Labute approximate surface area is 131 Å². The van der Waals surface area contributed by atoms with Gasteiger partial charge in [-0.3, -0.25) is 9.88 Å². The number of rotatable bonds is 3. The molecule has 1 saturated heterocycles. The number of hydrogen-bond acceptors (Lipinski definition) is 4. The fraction of sp³-hybridized carbons (Fsp3) is 0.312. The summed E-state index contributed by atoms with van der Waals surface area (Å²) in [6.45, 7) is 3.80. The van der Waals surface area contributed by atoms with Crippen LogP contribution in [0.3, 0.4) is 0 Å². The van der Waals surface area contributed by atoms with E-state index in [2.05, 4.69) is 33.4 Å². The summed E-state index contributed by atoms with van der Waals surface area (Å²) in [4.78, 5) is 6.53. The molecule has 1 aliphatic rings. The van der Waals surface area contributed by atoms with Crippen molar-refractivity contribution in [1.82, 2.24) is 15.2 Å². The number of hydrogen-bond donors (Lipinski definition) is 2. The number of halogens is 1. The molecule has 0 bridgehead atoms. The average molecular weight is 306 g/mol. The zero-order valence-corrected chi connectivity index (χ0v) is 12.6. The maximum atomic E-state index is 9.59. The molecule has 1 fully saturated rings. The molecule has 2 N–H and O–H groups in total. The molecule has 1 atom stereocenters. The highest BCUT2D eigenvalue weighted by molar-refractivity contribution is 5.85. The summed E-state index contributed by atoms with van der Waals surface area (Å²) in [7, 11) is 0. The monoisotopic (exact) mass is 305 g/mol. The molecule has 21 heavy (non-hydrogen) atoms. The van der Waals surface area contributed by atoms with Crippen LogP contribution in [0.25, 0.3) is 0 Å². The predicted octanol–water partition coefficient (Wildman–Crippen LogP) is 2.36. The van der Waals surface area contributed by atoms with E-state index in [0.29, 0.717) is 11.8 Å². The number of nitrogens with zero attached hydrogens (tertiary/aromatic N) is 2. The summed E-state index contributed by atoms with van der Waals surface area (Å²) >= 11 is 0. The van der Waals surface area contributed by atoms with Gasteiger partial charge in [0.15, 0.2) is 0 Å². The minimum Gasteiger partial charge on any atom is -0.508 e. The smallest absolute Gasteiger partial charge is 0.115 e. The van der Waals surface area contributed by atoms with Crippen LogP contribution in [0.2, 0.25) is 0 Å². The molecule has 0 spiro atoms. The predicted molar refractivity (Wildman–Crippen MR) is 85.6 cm³/mol. The van der Waals surface area contributed by atoms with Crippen LogP contribution >= 0.6 is 12.4 Å². The van der Waals surface area contributed by atoms with Gasteiger partial charge in [-0.05, 0) is 35.4 Å². The highest BCUT2D eigenvalue weighted by Gasteiger charge is 2.23. The molecule has 0 aliphatic carbocycles. The van der Waals surface area contributed by atoms with Crippen LogP contribution in [-0.2, 0) is 6.54 Å². The minimum atomic E-state index is 0. The van der Waals surface area contributed by atoms with Gasteiger partial charge in [-0.1, -0.05) is 12.1 Å². The first kappa shape index (κ1) is 15.8. The Morgan fingerprint density at radius 3 is 2.81 bits per heavy atom. The second-order valence-electron chi connectivity index (χ2n) is 5.14. The van der Waals surface area contributed by atoms with E-state index < -0.39 is 0 Å². The van der Waals surface area contributed by atoms with Crippen molar-refractivity contribution in [3.8, 4) is 5.75 Å². The Morgan fingerprint density at radius 1 is 1.24 bits per heavy atom. The van der Waals surface area contributed by atoms with Crippen molar-refractivity contribution in [3.05, 3.63) is 59.9 Å². The molecule has 0 radical (unpaired) electrons.